The van der Waals surface area contributed by atoms with Gasteiger partial charge in [0.2, 0.25) is 0 Å². The monoisotopic (exact) mass is 269 g/mol. The highest BCUT2D eigenvalue weighted by Crippen LogP contribution is 2.23. The van der Waals surface area contributed by atoms with Crippen molar-refractivity contribution in [2.24, 2.45) is 0 Å². The molecule has 0 fully saturated rings. The van der Waals surface area contributed by atoms with Gasteiger partial charge in [0.1, 0.15) is 11.6 Å². The summed E-state index contributed by atoms with van der Waals surface area (Å²) in [5.41, 5.74) is 12.9. The molecular formula is C13H11N5O2. The van der Waals surface area contributed by atoms with Gasteiger partial charge in [0.05, 0.1) is 16.8 Å². The van der Waals surface area contributed by atoms with Gasteiger partial charge in [0.25, 0.3) is 11.8 Å². The van der Waals surface area contributed by atoms with E-state index in [1.807, 2.05) is 0 Å². The van der Waals surface area contributed by atoms with Crippen molar-refractivity contribution in [3.8, 4) is 0 Å². The summed E-state index contributed by atoms with van der Waals surface area (Å²) in [4.78, 5) is 27.1. The lowest BCUT2D eigenvalue weighted by Gasteiger charge is -2.08. The van der Waals surface area contributed by atoms with Crippen LogP contribution in [-0.4, -0.2) is 16.8 Å². The summed E-state index contributed by atoms with van der Waals surface area (Å²) in [5, 5.41) is 5.23. The summed E-state index contributed by atoms with van der Waals surface area (Å²) >= 11 is 0. The molecule has 0 spiro atoms. The van der Waals surface area contributed by atoms with Crippen LogP contribution in [0.2, 0.25) is 0 Å². The van der Waals surface area contributed by atoms with E-state index in [1.165, 1.54) is 0 Å². The molecule has 0 bridgehead atoms. The van der Waals surface area contributed by atoms with Gasteiger partial charge in [0, 0.05) is 5.69 Å². The lowest BCUT2D eigenvalue weighted by molar-refractivity contribution is 0.0879. The SMILES string of the molecule is Nc1ccc(Nc2ccc3c(c2)C(=O)NC3=O)nc1N. The van der Waals surface area contributed by atoms with E-state index in [-0.39, 0.29) is 11.7 Å². The van der Waals surface area contributed by atoms with Crippen molar-refractivity contribution in [2.45, 2.75) is 0 Å². The van der Waals surface area contributed by atoms with Gasteiger partial charge >= 0.3 is 0 Å². The number of carbonyl (C=O) groups excluding carboxylic acids is 2. The molecule has 1 aliphatic rings. The van der Waals surface area contributed by atoms with Crippen LogP contribution in [0.5, 0.6) is 0 Å². The molecule has 3 rings (SSSR count). The minimum atomic E-state index is -0.404. The van der Waals surface area contributed by atoms with Crippen molar-refractivity contribution >= 4 is 34.8 Å². The highest BCUT2D eigenvalue weighted by atomic mass is 16.2. The average Bonchev–Trinajstić information content (AvgIpc) is 2.69. The third-order valence-electron chi connectivity index (χ3n) is 2.97. The van der Waals surface area contributed by atoms with Crippen molar-refractivity contribution in [3.63, 3.8) is 0 Å². The molecule has 0 aliphatic carbocycles. The Morgan fingerprint density at radius 3 is 2.50 bits per heavy atom. The van der Waals surface area contributed by atoms with Crippen LogP contribution in [-0.2, 0) is 0 Å². The summed E-state index contributed by atoms with van der Waals surface area (Å²) in [7, 11) is 0. The number of aromatic nitrogens is 1. The lowest BCUT2D eigenvalue weighted by Crippen LogP contribution is -2.19. The van der Waals surface area contributed by atoms with Crippen molar-refractivity contribution in [1.29, 1.82) is 0 Å². The second-order valence-corrected chi connectivity index (χ2v) is 4.34. The number of benzene rings is 1. The molecule has 0 saturated carbocycles. The van der Waals surface area contributed by atoms with E-state index in [2.05, 4.69) is 15.6 Å². The summed E-state index contributed by atoms with van der Waals surface area (Å²) in [6, 6.07) is 8.16. The second-order valence-electron chi connectivity index (χ2n) is 4.34. The van der Waals surface area contributed by atoms with E-state index in [0.717, 1.165) is 0 Å². The van der Waals surface area contributed by atoms with Gasteiger partial charge in [-0.25, -0.2) is 4.98 Å². The number of hydrogen-bond acceptors (Lipinski definition) is 6. The van der Waals surface area contributed by atoms with Crippen LogP contribution in [0.4, 0.5) is 23.0 Å². The maximum atomic E-state index is 11.6. The topological polar surface area (TPSA) is 123 Å². The maximum absolute atomic E-state index is 11.6. The molecule has 2 heterocycles. The van der Waals surface area contributed by atoms with E-state index in [1.54, 1.807) is 30.3 Å². The van der Waals surface area contributed by atoms with Crippen LogP contribution >= 0.6 is 0 Å². The van der Waals surface area contributed by atoms with E-state index in [9.17, 15) is 9.59 Å². The van der Waals surface area contributed by atoms with Crippen molar-refractivity contribution in [2.75, 3.05) is 16.8 Å². The first kappa shape index (κ1) is 12.0. The highest BCUT2D eigenvalue weighted by Gasteiger charge is 2.26. The fourth-order valence-corrected chi connectivity index (χ4v) is 1.95. The zero-order valence-corrected chi connectivity index (χ0v) is 10.3. The number of hydrogen-bond donors (Lipinski definition) is 4. The molecule has 0 unspecified atom stereocenters. The largest absolute Gasteiger partial charge is 0.396 e. The summed E-state index contributed by atoms with van der Waals surface area (Å²) in [5.74, 6) is -0.0599. The maximum Gasteiger partial charge on any atom is 0.259 e. The summed E-state index contributed by atoms with van der Waals surface area (Å²) in [6.45, 7) is 0. The van der Waals surface area contributed by atoms with Gasteiger partial charge < -0.3 is 16.8 Å². The molecule has 20 heavy (non-hydrogen) atoms. The minimum absolute atomic E-state index is 0.226. The number of amides is 2. The smallest absolute Gasteiger partial charge is 0.259 e. The molecule has 2 aromatic rings. The molecular weight excluding hydrogens is 258 g/mol. The molecule has 0 radical (unpaired) electrons. The number of nitrogens with one attached hydrogen (secondary N) is 2. The second kappa shape index (κ2) is 4.23. The number of anilines is 4. The van der Waals surface area contributed by atoms with Gasteiger partial charge in [-0.05, 0) is 30.3 Å². The average molecular weight is 269 g/mol. The predicted octanol–water partition coefficient (Wildman–Crippen LogP) is 0.873. The van der Waals surface area contributed by atoms with Gasteiger partial charge in [-0.2, -0.15) is 0 Å². The Morgan fingerprint density at radius 2 is 1.75 bits per heavy atom. The zero-order valence-electron chi connectivity index (χ0n) is 10.3. The highest BCUT2D eigenvalue weighted by molar-refractivity contribution is 6.21. The van der Waals surface area contributed by atoms with Gasteiger partial charge in [-0.15, -0.1) is 0 Å². The quantitative estimate of drug-likeness (QED) is 0.600. The molecule has 1 aromatic carbocycles. The number of rotatable bonds is 2. The van der Waals surface area contributed by atoms with Gasteiger partial charge in [-0.1, -0.05) is 0 Å². The van der Waals surface area contributed by atoms with E-state index >= 15 is 0 Å². The Morgan fingerprint density at radius 1 is 1.00 bits per heavy atom. The fourth-order valence-electron chi connectivity index (χ4n) is 1.95. The van der Waals surface area contributed by atoms with Gasteiger partial charge in [-0.3, -0.25) is 14.9 Å². The van der Waals surface area contributed by atoms with Crippen molar-refractivity contribution < 1.29 is 9.59 Å². The first-order valence-electron chi connectivity index (χ1n) is 5.83. The zero-order chi connectivity index (χ0) is 14.3. The Kier molecular flexibility index (Phi) is 2.53. The van der Waals surface area contributed by atoms with E-state index in [4.69, 9.17) is 11.5 Å². The summed E-state index contributed by atoms with van der Waals surface area (Å²) in [6.07, 6.45) is 0. The summed E-state index contributed by atoms with van der Waals surface area (Å²) < 4.78 is 0. The first-order chi connectivity index (χ1) is 9.54. The molecule has 100 valence electrons. The number of imide groups is 1. The third-order valence-corrected chi connectivity index (χ3v) is 2.97. The minimum Gasteiger partial charge on any atom is -0.396 e. The van der Waals surface area contributed by atoms with Crippen LogP contribution in [0.3, 0.4) is 0 Å². The number of fused-ring (bicyclic) bond motifs is 1. The number of carbonyl (C=O) groups is 2. The predicted molar refractivity (Wildman–Crippen MR) is 74.6 cm³/mol. The van der Waals surface area contributed by atoms with E-state index in [0.29, 0.717) is 28.3 Å². The molecule has 6 N–H and O–H groups in total. The van der Waals surface area contributed by atoms with Crippen LogP contribution in [0.15, 0.2) is 30.3 Å². The number of pyridine rings is 1. The molecule has 7 nitrogen and oxygen atoms in total. The van der Waals surface area contributed by atoms with Gasteiger partial charge in [0.15, 0.2) is 0 Å². The third kappa shape index (κ3) is 1.91. The molecule has 1 aliphatic heterocycles. The normalized spacial score (nSPS) is 13.0. The first-order valence-corrected chi connectivity index (χ1v) is 5.83. The van der Waals surface area contributed by atoms with Crippen LogP contribution < -0.4 is 22.1 Å². The number of nitrogen functional groups attached to an aromatic ring is 2. The Labute approximate surface area is 114 Å². The van der Waals surface area contributed by atoms with E-state index < -0.39 is 5.91 Å². The number of nitrogens with zero attached hydrogens (tertiary/aromatic N) is 1. The van der Waals surface area contributed by atoms with Crippen LogP contribution in [0.1, 0.15) is 20.7 Å². The number of nitrogens with two attached hydrogens (primary N) is 2. The molecule has 2 amide bonds. The van der Waals surface area contributed by atoms with Crippen LogP contribution in [0.25, 0.3) is 0 Å². The fraction of sp³-hybridized carbons (Fsp3) is 0. The Hall–Kier alpha value is -3.09. The standard InChI is InChI=1S/C13H11N5O2/c14-9-3-4-10(17-11(9)15)16-6-1-2-7-8(5-6)13(20)18-12(7)19/h1-5H,14H2,(H3,15,16,17)(H,18,19,20). The lowest BCUT2D eigenvalue weighted by atomic mass is 10.1. The Bertz CT molecular complexity index is 742. The molecule has 0 saturated heterocycles. The van der Waals surface area contributed by atoms with Crippen LogP contribution in [0, 0.1) is 0 Å². The Balaban J connectivity index is 1.92. The van der Waals surface area contributed by atoms with Crippen molar-refractivity contribution in [3.05, 3.63) is 41.5 Å². The van der Waals surface area contributed by atoms with Crippen molar-refractivity contribution in [1.82, 2.24) is 10.3 Å². The molecule has 1 aromatic heterocycles. The molecule has 7 heteroatoms. The molecule has 0 atom stereocenters.